The fraction of sp³-hybridized carbons (Fsp3) is 0.462. The van der Waals surface area contributed by atoms with Crippen molar-refractivity contribution in [1.29, 1.82) is 0 Å². The van der Waals surface area contributed by atoms with E-state index in [0.717, 1.165) is 12.5 Å². The third-order valence-corrected chi connectivity index (χ3v) is 3.46. The molecule has 0 unspecified atom stereocenters. The van der Waals surface area contributed by atoms with E-state index in [1.54, 1.807) is 18.2 Å². The van der Waals surface area contributed by atoms with Crippen molar-refractivity contribution in [3.05, 3.63) is 33.8 Å². The summed E-state index contributed by atoms with van der Waals surface area (Å²) in [7, 11) is 1.97. The van der Waals surface area contributed by atoms with Gasteiger partial charge in [-0.3, -0.25) is 9.69 Å². The summed E-state index contributed by atoms with van der Waals surface area (Å²) in [5.41, 5.74) is 0.554. The Morgan fingerprint density at radius 3 is 2.71 bits per heavy atom. The molecule has 0 aromatic heterocycles. The van der Waals surface area contributed by atoms with E-state index in [9.17, 15) is 4.79 Å². The maximum absolute atomic E-state index is 12.0. The Morgan fingerprint density at radius 2 is 2.12 bits per heavy atom. The summed E-state index contributed by atoms with van der Waals surface area (Å²) >= 11 is 11.8. The lowest BCUT2D eigenvalue weighted by Crippen LogP contribution is -2.28. The minimum absolute atomic E-state index is 0.0508. The largest absolute Gasteiger partial charge is 0.299 e. The minimum Gasteiger partial charge on any atom is -0.299 e. The summed E-state index contributed by atoms with van der Waals surface area (Å²) < 4.78 is 0. The minimum atomic E-state index is 0.0508. The monoisotopic (exact) mass is 271 g/mol. The average molecular weight is 272 g/mol. The van der Waals surface area contributed by atoms with Crippen LogP contribution in [0.2, 0.25) is 10.0 Å². The fourth-order valence-corrected chi connectivity index (χ4v) is 2.37. The Bertz CT molecular complexity index is 429. The van der Waals surface area contributed by atoms with Crippen molar-refractivity contribution in [2.45, 2.75) is 12.8 Å². The molecule has 1 fully saturated rings. The second kappa shape index (κ2) is 5.38. The van der Waals surface area contributed by atoms with E-state index in [0.29, 0.717) is 22.2 Å². The van der Waals surface area contributed by atoms with Gasteiger partial charge in [0.2, 0.25) is 0 Å². The summed E-state index contributed by atoms with van der Waals surface area (Å²) in [5.74, 6) is 0.836. The lowest BCUT2D eigenvalue weighted by atomic mass is 10.1. The number of ketones is 1. The first-order valence-electron chi connectivity index (χ1n) is 5.73. The predicted octanol–water partition coefficient (Wildman–Crippen LogP) is 3.52. The predicted molar refractivity (Wildman–Crippen MR) is 71.0 cm³/mol. The summed E-state index contributed by atoms with van der Waals surface area (Å²) in [5, 5.41) is 0.986. The maximum atomic E-state index is 12.0. The molecule has 1 aliphatic rings. The van der Waals surface area contributed by atoms with Crippen LogP contribution >= 0.6 is 23.2 Å². The Kier molecular flexibility index (Phi) is 4.08. The molecule has 0 spiro atoms. The highest BCUT2D eigenvalue weighted by Crippen LogP contribution is 2.29. The topological polar surface area (TPSA) is 20.3 Å². The van der Waals surface area contributed by atoms with Crippen molar-refractivity contribution in [3.8, 4) is 0 Å². The third kappa shape index (κ3) is 3.70. The fourth-order valence-electron chi connectivity index (χ4n) is 1.85. The molecule has 0 atom stereocenters. The first-order valence-corrected chi connectivity index (χ1v) is 6.48. The molecule has 0 heterocycles. The second-order valence-electron chi connectivity index (χ2n) is 4.69. The third-order valence-electron chi connectivity index (χ3n) is 2.91. The molecule has 0 radical (unpaired) electrons. The van der Waals surface area contributed by atoms with Crippen LogP contribution in [-0.2, 0) is 0 Å². The van der Waals surface area contributed by atoms with Gasteiger partial charge in [-0.15, -0.1) is 0 Å². The summed E-state index contributed by atoms with van der Waals surface area (Å²) in [6.45, 7) is 1.41. The van der Waals surface area contributed by atoms with Gasteiger partial charge in [-0.25, -0.2) is 0 Å². The number of Topliss-reactive ketones (excluding diaryl/α,β-unsaturated/α-hetero) is 1. The number of carbonyl (C=O) groups is 1. The number of hydrogen-bond donors (Lipinski definition) is 0. The van der Waals surface area contributed by atoms with Crippen molar-refractivity contribution in [2.75, 3.05) is 20.1 Å². The van der Waals surface area contributed by atoms with Crippen molar-refractivity contribution >= 4 is 29.0 Å². The molecule has 0 N–H and O–H groups in total. The van der Waals surface area contributed by atoms with Crippen LogP contribution in [0.25, 0.3) is 0 Å². The molecule has 1 aromatic carbocycles. The zero-order chi connectivity index (χ0) is 12.4. The number of rotatable bonds is 5. The number of carbonyl (C=O) groups excluding carboxylic acids is 1. The average Bonchev–Trinajstić information content (AvgIpc) is 3.00. The molecule has 1 aromatic rings. The van der Waals surface area contributed by atoms with Gasteiger partial charge < -0.3 is 0 Å². The number of benzene rings is 1. The molecule has 1 aliphatic carbocycles. The van der Waals surface area contributed by atoms with E-state index < -0.39 is 0 Å². The normalized spacial score (nSPS) is 15.3. The van der Waals surface area contributed by atoms with Crippen LogP contribution in [0.3, 0.4) is 0 Å². The lowest BCUT2D eigenvalue weighted by molar-refractivity contribution is 0.0944. The van der Waals surface area contributed by atoms with Crippen LogP contribution in [0.4, 0.5) is 0 Å². The molecule has 1 saturated carbocycles. The van der Waals surface area contributed by atoms with Crippen LogP contribution in [0.5, 0.6) is 0 Å². The van der Waals surface area contributed by atoms with Gasteiger partial charge in [0.15, 0.2) is 5.78 Å². The van der Waals surface area contributed by atoms with Gasteiger partial charge in [-0.2, -0.15) is 0 Å². The van der Waals surface area contributed by atoms with Gasteiger partial charge >= 0.3 is 0 Å². The van der Waals surface area contributed by atoms with E-state index in [-0.39, 0.29) is 5.78 Å². The van der Waals surface area contributed by atoms with Gasteiger partial charge in [0.1, 0.15) is 0 Å². The van der Waals surface area contributed by atoms with Crippen LogP contribution in [0.1, 0.15) is 23.2 Å². The Hall–Kier alpha value is -0.570. The zero-order valence-electron chi connectivity index (χ0n) is 9.75. The number of halogens is 2. The standard InChI is InChI=1S/C13H15Cl2NO/c1-16(7-9-2-3-9)8-13(17)11-5-4-10(14)6-12(11)15/h4-6,9H,2-3,7-8H2,1H3. The van der Waals surface area contributed by atoms with Crippen molar-refractivity contribution in [2.24, 2.45) is 5.92 Å². The Balaban J connectivity index is 1.98. The van der Waals surface area contributed by atoms with Gasteiger partial charge in [0.25, 0.3) is 0 Å². The van der Waals surface area contributed by atoms with Crippen LogP contribution < -0.4 is 0 Å². The van der Waals surface area contributed by atoms with Gasteiger partial charge in [-0.05, 0) is 44.0 Å². The molecule has 0 saturated heterocycles. The SMILES string of the molecule is CN(CC(=O)c1ccc(Cl)cc1Cl)CC1CC1. The lowest BCUT2D eigenvalue weighted by Gasteiger charge is -2.15. The summed E-state index contributed by atoms with van der Waals surface area (Å²) in [4.78, 5) is 14.1. The molecule has 2 rings (SSSR count). The first-order chi connectivity index (χ1) is 8.06. The van der Waals surface area contributed by atoms with Crippen molar-refractivity contribution < 1.29 is 4.79 Å². The molecule has 17 heavy (non-hydrogen) atoms. The molecule has 0 aliphatic heterocycles. The quantitative estimate of drug-likeness (QED) is 0.764. The summed E-state index contributed by atoms with van der Waals surface area (Å²) in [6, 6.07) is 5.00. The van der Waals surface area contributed by atoms with Crippen LogP contribution in [0.15, 0.2) is 18.2 Å². The van der Waals surface area contributed by atoms with Crippen molar-refractivity contribution in [3.63, 3.8) is 0 Å². The second-order valence-corrected chi connectivity index (χ2v) is 5.53. The first kappa shape index (κ1) is 12.9. The van der Waals surface area contributed by atoms with E-state index >= 15 is 0 Å². The highest BCUT2D eigenvalue weighted by Gasteiger charge is 2.24. The molecule has 0 bridgehead atoms. The van der Waals surface area contributed by atoms with E-state index in [1.807, 2.05) is 7.05 Å². The van der Waals surface area contributed by atoms with Gasteiger partial charge in [0.05, 0.1) is 11.6 Å². The molecular formula is C13H15Cl2NO. The van der Waals surface area contributed by atoms with Gasteiger partial charge in [0, 0.05) is 17.1 Å². The zero-order valence-corrected chi connectivity index (χ0v) is 11.3. The van der Waals surface area contributed by atoms with E-state index in [1.165, 1.54) is 12.8 Å². The van der Waals surface area contributed by atoms with Crippen LogP contribution in [-0.4, -0.2) is 30.8 Å². The number of nitrogens with zero attached hydrogens (tertiary/aromatic N) is 1. The summed E-state index contributed by atoms with van der Waals surface area (Å²) in [6.07, 6.45) is 2.58. The Labute approximate surface area is 112 Å². The van der Waals surface area contributed by atoms with E-state index in [4.69, 9.17) is 23.2 Å². The smallest absolute Gasteiger partial charge is 0.178 e. The maximum Gasteiger partial charge on any atom is 0.178 e. The van der Waals surface area contributed by atoms with Gasteiger partial charge in [-0.1, -0.05) is 23.2 Å². The highest BCUT2D eigenvalue weighted by molar-refractivity contribution is 6.36. The molecule has 4 heteroatoms. The van der Waals surface area contributed by atoms with Crippen LogP contribution in [0, 0.1) is 5.92 Å². The molecule has 0 amide bonds. The molecule has 92 valence electrons. The number of hydrogen-bond acceptors (Lipinski definition) is 2. The van der Waals surface area contributed by atoms with Crippen molar-refractivity contribution in [1.82, 2.24) is 4.90 Å². The molecular weight excluding hydrogens is 257 g/mol. The number of likely N-dealkylation sites (N-methyl/N-ethyl adjacent to an activating group) is 1. The Morgan fingerprint density at radius 1 is 1.41 bits per heavy atom. The van der Waals surface area contributed by atoms with E-state index in [2.05, 4.69) is 4.90 Å². The highest BCUT2D eigenvalue weighted by atomic mass is 35.5. The molecule has 2 nitrogen and oxygen atoms in total.